The van der Waals surface area contributed by atoms with Crippen molar-refractivity contribution in [2.24, 2.45) is 11.8 Å². The molecular weight excluding hydrogens is 340 g/mol. The number of allylic oxidation sites excluding steroid dienone is 2. The first-order chi connectivity index (χ1) is 12.9. The zero-order valence-electron chi connectivity index (χ0n) is 16.4. The van der Waals surface area contributed by atoms with E-state index in [1.807, 2.05) is 0 Å². The van der Waals surface area contributed by atoms with Gasteiger partial charge in [-0.1, -0.05) is 49.3 Å². The van der Waals surface area contributed by atoms with Gasteiger partial charge in [0.15, 0.2) is 5.78 Å². The first-order valence-corrected chi connectivity index (χ1v) is 9.79. The van der Waals surface area contributed by atoms with Crippen molar-refractivity contribution in [3.63, 3.8) is 0 Å². The van der Waals surface area contributed by atoms with Crippen LogP contribution >= 0.6 is 0 Å². The SMILES string of the molecule is C=C1CC2C(=O)C(c3c(CC)cc(C)cc3CC)=C(CCOC(=O)O)C2C1. The summed E-state index contributed by atoms with van der Waals surface area (Å²) in [6, 6.07) is 4.35. The molecule has 27 heavy (non-hydrogen) atoms. The Bertz CT molecular complexity index is 806. The zero-order chi connectivity index (χ0) is 19.7. The normalized spacial score (nSPS) is 21.7. The summed E-state index contributed by atoms with van der Waals surface area (Å²) >= 11 is 0. The van der Waals surface area contributed by atoms with Crippen molar-refractivity contribution >= 4 is 17.5 Å². The highest BCUT2D eigenvalue weighted by Crippen LogP contribution is 2.52. The number of hydrogen-bond donors (Lipinski definition) is 1. The molecule has 0 amide bonds. The van der Waals surface area contributed by atoms with Gasteiger partial charge in [0.2, 0.25) is 0 Å². The minimum Gasteiger partial charge on any atom is -0.450 e. The lowest BCUT2D eigenvalue weighted by molar-refractivity contribution is -0.117. The van der Waals surface area contributed by atoms with E-state index in [9.17, 15) is 9.59 Å². The van der Waals surface area contributed by atoms with Gasteiger partial charge in [-0.3, -0.25) is 4.79 Å². The molecule has 0 spiro atoms. The first-order valence-electron chi connectivity index (χ1n) is 9.79. The summed E-state index contributed by atoms with van der Waals surface area (Å²) in [6.07, 6.45) is 2.49. The van der Waals surface area contributed by atoms with Gasteiger partial charge in [0.25, 0.3) is 0 Å². The number of carboxylic acid groups (broad SMARTS) is 1. The number of aryl methyl sites for hydroxylation is 3. The van der Waals surface area contributed by atoms with E-state index in [2.05, 4.69) is 39.5 Å². The number of hydrogen-bond acceptors (Lipinski definition) is 3. The molecule has 1 N–H and O–H groups in total. The lowest BCUT2D eigenvalue weighted by Crippen LogP contribution is -2.13. The molecule has 0 saturated heterocycles. The molecule has 0 aliphatic heterocycles. The van der Waals surface area contributed by atoms with Crippen molar-refractivity contribution in [2.75, 3.05) is 6.61 Å². The van der Waals surface area contributed by atoms with Crippen LogP contribution in [-0.4, -0.2) is 23.7 Å². The fourth-order valence-corrected chi connectivity index (χ4v) is 4.82. The average Bonchev–Trinajstić information content (AvgIpc) is 3.11. The summed E-state index contributed by atoms with van der Waals surface area (Å²) in [5, 5.41) is 8.83. The molecule has 2 unspecified atom stereocenters. The minimum atomic E-state index is -1.27. The number of benzene rings is 1. The summed E-state index contributed by atoms with van der Waals surface area (Å²) in [7, 11) is 0. The maximum Gasteiger partial charge on any atom is 0.505 e. The van der Waals surface area contributed by atoms with Crippen molar-refractivity contribution in [3.8, 4) is 0 Å². The molecule has 2 aliphatic carbocycles. The van der Waals surface area contributed by atoms with E-state index in [0.717, 1.165) is 48.0 Å². The van der Waals surface area contributed by atoms with Crippen molar-refractivity contribution in [1.29, 1.82) is 0 Å². The highest BCUT2D eigenvalue weighted by atomic mass is 16.7. The number of ketones is 1. The number of carbonyl (C=O) groups is 2. The third kappa shape index (κ3) is 3.58. The predicted molar refractivity (Wildman–Crippen MR) is 106 cm³/mol. The monoisotopic (exact) mass is 368 g/mol. The molecular formula is C23H28O4. The Morgan fingerprint density at radius 2 is 1.78 bits per heavy atom. The summed E-state index contributed by atoms with van der Waals surface area (Å²) in [6.45, 7) is 10.5. The Balaban J connectivity index is 2.14. The van der Waals surface area contributed by atoms with Gasteiger partial charge in [-0.15, -0.1) is 0 Å². The molecule has 4 nitrogen and oxygen atoms in total. The number of fused-ring (bicyclic) bond motifs is 1. The highest BCUT2D eigenvalue weighted by Gasteiger charge is 2.46. The maximum absolute atomic E-state index is 13.4. The van der Waals surface area contributed by atoms with Crippen LogP contribution < -0.4 is 0 Å². The average molecular weight is 368 g/mol. The Hall–Kier alpha value is -2.36. The topological polar surface area (TPSA) is 63.6 Å². The van der Waals surface area contributed by atoms with E-state index in [-0.39, 0.29) is 24.2 Å². The molecule has 1 aromatic carbocycles. The Kier molecular flexibility index (Phi) is 5.54. The van der Waals surface area contributed by atoms with Crippen LogP contribution in [0.3, 0.4) is 0 Å². The molecule has 1 fully saturated rings. The molecule has 0 aromatic heterocycles. The smallest absolute Gasteiger partial charge is 0.450 e. The van der Waals surface area contributed by atoms with Crippen LogP contribution in [0, 0.1) is 18.8 Å². The Morgan fingerprint density at radius 3 is 2.33 bits per heavy atom. The second kappa shape index (κ2) is 7.71. The summed E-state index contributed by atoms with van der Waals surface area (Å²) in [4.78, 5) is 24.2. The third-order valence-electron chi connectivity index (χ3n) is 5.91. The van der Waals surface area contributed by atoms with Crippen LogP contribution in [0.15, 0.2) is 29.9 Å². The highest BCUT2D eigenvalue weighted by molar-refractivity contribution is 6.26. The summed E-state index contributed by atoms with van der Waals surface area (Å²) < 4.78 is 4.78. The van der Waals surface area contributed by atoms with Crippen molar-refractivity contribution < 1.29 is 19.4 Å². The molecule has 0 radical (unpaired) electrons. The van der Waals surface area contributed by atoms with Crippen LogP contribution in [-0.2, 0) is 22.4 Å². The number of ether oxygens (including phenoxy) is 1. The fraction of sp³-hybridized carbons (Fsp3) is 0.478. The van der Waals surface area contributed by atoms with E-state index in [4.69, 9.17) is 9.84 Å². The predicted octanol–water partition coefficient (Wildman–Crippen LogP) is 5.12. The molecule has 2 aliphatic rings. The van der Waals surface area contributed by atoms with Gasteiger partial charge in [-0.2, -0.15) is 0 Å². The van der Waals surface area contributed by atoms with Gasteiger partial charge >= 0.3 is 6.16 Å². The van der Waals surface area contributed by atoms with Crippen LogP contribution in [0.1, 0.15) is 55.4 Å². The van der Waals surface area contributed by atoms with E-state index < -0.39 is 6.16 Å². The van der Waals surface area contributed by atoms with E-state index in [0.29, 0.717) is 6.42 Å². The number of carbonyl (C=O) groups excluding carboxylic acids is 1. The Labute approximate surface area is 160 Å². The summed E-state index contributed by atoms with van der Waals surface area (Å²) in [5.41, 5.74) is 7.71. The van der Waals surface area contributed by atoms with Crippen LogP contribution in [0.4, 0.5) is 4.79 Å². The third-order valence-corrected chi connectivity index (χ3v) is 5.91. The molecule has 2 atom stereocenters. The van der Waals surface area contributed by atoms with Crippen molar-refractivity contribution in [1.82, 2.24) is 0 Å². The lowest BCUT2D eigenvalue weighted by atomic mass is 9.86. The second-order valence-electron chi connectivity index (χ2n) is 7.67. The number of rotatable bonds is 6. The molecule has 0 bridgehead atoms. The van der Waals surface area contributed by atoms with E-state index >= 15 is 0 Å². The second-order valence-corrected chi connectivity index (χ2v) is 7.67. The quantitative estimate of drug-likeness (QED) is 0.559. The zero-order valence-corrected chi connectivity index (χ0v) is 16.4. The maximum atomic E-state index is 13.4. The first kappa shape index (κ1) is 19.4. The van der Waals surface area contributed by atoms with Gasteiger partial charge in [-0.05, 0) is 55.2 Å². The van der Waals surface area contributed by atoms with Gasteiger partial charge in [-0.25, -0.2) is 4.79 Å². The molecule has 3 rings (SSSR count). The van der Waals surface area contributed by atoms with Gasteiger partial charge in [0.05, 0.1) is 6.61 Å². The fourth-order valence-electron chi connectivity index (χ4n) is 4.82. The van der Waals surface area contributed by atoms with Gasteiger partial charge in [0, 0.05) is 17.9 Å². The van der Waals surface area contributed by atoms with Crippen LogP contribution in [0.2, 0.25) is 0 Å². The van der Waals surface area contributed by atoms with Crippen molar-refractivity contribution in [3.05, 3.63) is 52.1 Å². The summed E-state index contributed by atoms with van der Waals surface area (Å²) in [5.74, 6) is 0.313. The van der Waals surface area contributed by atoms with E-state index in [1.165, 1.54) is 16.7 Å². The largest absolute Gasteiger partial charge is 0.505 e. The van der Waals surface area contributed by atoms with Crippen molar-refractivity contribution in [2.45, 2.75) is 52.9 Å². The lowest BCUT2D eigenvalue weighted by Gasteiger charge is -2.18. The Morgan fingerprint density at radius 1 is 1.19 bits per heavy atom. The van der Waals surface area contributed by atoms with Crippen LogP contribution in [0.25, 0.3) is 5.57 Å². The van der Waals surface area contributed by atoms with E-state index in [1.54, 1.807) is 0 Å². The standard InChI is InChI=1S/C23H28O4/c1-5-15-9-13(3)10-16(6-2)20(15)21-17(7-8-27-23(25)26)18-11-14(4)12-19(18)22(21)24/h9-10,18-19H,4-8,11-12H2,1-3H3,(H,25,26). The molecule has 1 aromatic rings. The molecule has 144 valence electrons. The van der Waals surface area contributed by atoms with Gasteiger partial charge in [0.1, 0.15) is 0 Å². The molecule has 1 saturated carbocycles. The van der Waals surface area contributed by atoms with Crippen LogP contribution in [0.5, 0.6) is 0 Å². The number of Topliss-reactive ketones (excluding diaryl/α,β-unsaturated/α-hetero) is 1. The van der Waals surface area contributed by atoms with Gasteiger partial charge < -0.3 is 9.84 Å². The molecule has 4 heteroatoms. The minimum absolute atomic E-state index is 0.0388. The molecule has 0 heterocycles.